The molecule has 0 saturated heterocycles. The van der Waals surface area contributed by atoms with Gasteiger partial charge in [-0.3, -0.25) is 19.2 Å². The topological polar surface area (TPSA) is 96.0 Å². The van der Waals surface area contributed by atoms with Crippen LogP contribution in [0, 0.1) is 5.92 Å². The summed E-state index contributed by atoms with van der Waals surface area (Å²) >= 11 is 0. The van der Waals surface area contributed by atoms with Crippen molar-refractivity contribution in [1.29, 1.82) is 0 Å². The third-order valence-corrected chi connectivity index (χ3v) is 2.68. The summed E-state index contributed by atoms with van der Waals surface area (Å²) < 4.78 is 14.5. The SMILES string of the molecule is COC(=O)[C@H](C)[C@@H](C[C@](C)(C=O)OC(C)=O)OC(C)=O. The molecule has 0 rings (SSSR count). The Bertz CT molecular complexity index is 390. The second-order valence-electron chi connectivity index (χ2n) is 4.69. The molecule has 0 spiro atoms. The van der Waals surface area contributed by atoms with Gasteiger partial charge in [-0.05, 0) is 13.8 Å². The number of rotatable bonds is 7. The molecule has 0 fully saturated rings. The summed E-state index contributed by atoms with van der Waals surface area (Å²) in [5, 5.41) is 0. The molecule has 0 aromatic heterocycles. The van der Waals surface area contributed by atoms with Crippen molar-refractivity contribution in [3.05, 3.63) is 0 Å². The lowest BCUT2D eigenvalue weighted by atomic mass is 9.92. The van der Waals surface area contributed by atoms with E-state index < -0.39 is 35.5 Å². The van der Waals surface area contributed by atoms with Crippen molar-refractivity contribution in [3.63, 3.8) is 0 Å². The molecule has 7 nitrogen and oxygen atoms in total. The zero-order valence-corrected chi connectivity index (χ0v) is 12.3. The van der Waals surface area contributed by atoms with E-state index in [0.29, 0.717) is 6.29 Å². The molecule has 0 unspecified atom stereocenters. The second-order valence-corrected chi connectivity index (χ2v) is 4.69. The number of hydrogen-bond donors (Lipinski definition) is 0. The van der Waals surface area contributed by atoms with Crippen LogP contribution < -0.4 is 0 Å². The van der Waals surface area contributed by atoms with Gasteiger partial charge in [0.1, 0.15) is 6.10 Å². The van der Waals surface area contributed by atoms with Gasteiger partial charge in [-0.1, -0.05) is 0 Å². The van der Waals surface area contributed by atoms with Crippen LogP contribution in [0.5, 0.6) is 0 Å². The first kappa shape index (κ1) is 18.1. The molecule has 0 aliphatic rings. The number of ether oxygens (including phenoxy) is 3. The molecule has 20 heavy (non-hydrogen) atoms. The van der Waals surface area contributed by atoms with Crippen LogP contribution in [-0.2, 0) is 33.4 Å². The second kappa shape index (κ2) is 7.62. The Morgan fingerprint density at radius 3 is 2.10 bits per heavy atom. The van der Waals surface area contributed by atoms with Gasteiger partial charge in [-0.2, -0.15) is 0 Å². The normalized spacial score (nSPS) is 16.2. The smallest absolute Gasteiger partial charge is 0.312 e. The van der Waals surface area contributed by atoms with Crippen molar-refractivity contribution < 1.29 is 33.4 Å². The Balaban J connectivity index is 5.12. The molecular formula is C13H20O7. The lowest BCUT2D eigenvalue weighted by Crippen LogP contribution is -2.42. The third kappa shape index (κ3) is 5.81. The van der Waals surface area contributed by atoms with Gasteiger partial charge in [0, 0.05) is 20.3 Å². The fourth-order valence-corrected chi connectivity index (χ4v) is 1.71. The summed E-state index contributed by atoms with van der Waals surface area (Å²) in [7, 11) is 1.20. The average molecular weight is 288 g/mol. The van der Waals surface area contributed by atoms with Crippen molar-refractivity contribution >= 4 is 24.2 Å². The minimum Gasteiger partial charge on any atom is -0.469 e. The highest BCUT2D eigenvalue weighted by Gasteiger charge is 2.37. The maximum atomic E-state index is 11.5. The quantitative estimate of drug-likeness (QED) is 0.385. The van der Waals surface area contributed by atoms with Gasteiger partial charge in [-0.15, -0.1) is 0 Å². The van der Waals surface area contributed by atoms with E-state index in [1.165, 1.54) is 27.9 Å². The molecular weight excluding hydrogens is 268 g/mol. The Morgan fingerprint density at radius 2 is 1.75 bits per heavy atom. The first-order chi connectivity index (χ1) is 9.15. The molecule has 3 atom stereocenters. The van der Waals surface area contributed by atoms with E-state index in [9.17, 15) is 19.2 Å². The number of carbonyl (C=O) groups is 4. The maximum Gasteiger partial charge on any atom is 0.312 e. The van der Waals surface area contributed by atoms with Crippen LogP contribution in [0.15, 0.2) is 0 Å². The number of esters is 3. The molecule has 0 aliphatic carbocycles. The molecule has 114 valence electrons. The third-order valence-electron chi connectivity index (χ3n) is 2.68. The van der Waals surface area contributed by atoms with Gasteiger partial charge >= 0.3 is 17.9 Å². The van der Waals surface area contributed by atoms with E-state index in [1.807, 2.05) is 0 Å². The maximum absolute atomic E-state index is 11.5. The van der Waals surface area contributed by atoms with Gasteiger partial charge in [0.05, 0.1) is 13.0 Å². The van der Waals surface area contributed by atoms with Crippen molar-refractivity contribution in [2.24, 2.45) is 5.92 Å². The van der Waals surface area contributed by atoms with Crippen LogP contribution in [0.4, 0.5) is 0 Å². The first-order valence-electron chi connectivity index (χ1n) is 6.06. The number of hydrogen-bond acceptors (Lipinski definition) is 7. The van der Waals surface area contributed by atoms with Gasteiger partial charge in [0.15, 0.2) is 11.9 Å². The molecule has 0 N–H and O–H groups in total. The fourth-order valence-electron chi connectivity index (χ4n) is 1.71. The van der Waals surface area contributed by atoms with E-state index in [4.69, 9.17) is 9.47 Å². The van der Waals surface area contributed by atoms with Crippen LogP contribution in [0.2, 0.25) is 0 Å². The summed E-state index contributed by atoms with van der Waals surface area (Å²) in [6.45, 7) is 5.22. The molecule has 0 bridgehead atoms. The standard InChI is InChI=1S/C13H20O7/c1-8(12(17)18-5)11(19-9(2)15)6-13(4,7-14)20-10(3)16/h7-8,11H,6H2,1-5H3/t8-,11-,13-/m1/s1. The molecule has 0 saturated carbocycles. The zero-order chi connectivity index (χ0) is 15.9. The summed E-state index contributed by atoms with van der Waals surface area (Å²) in [6.07, 6.45) is -0.629. The van der Waals surface area contributed by atoms with Crippen LogP contribution in [0.3, 0.4) is 0 Å². The minimum atomic E-state index is -1.48. The molecule has 0 amide bonds. The van der Waals surface area contributed by atoms with E-state index in [1.54, 1.807) is 0 Å². The molecule has 0 heterocycles. The number of carbonyl (C=O) groups excluding carboxylic acids is 4. The Morgan fingerprint density at radius 1 is 1.20 bits per heavy atom. The number of methoxy groups -OCH3 is 1. The van der Waals surface area contributed by atoms with Crippen LogP contribution in [-0.4, -0.2) is 43.0 Å². The predicted octanol–water partition coefficient (Wildman–Crippen LogP) is 0.638. The Labute approximate surface area is 117 Å². The Hall–Kier alpha value is -1.92. The molecule has 7 heteroatoms. The van der Waals surface area contributed by atoms with Gasteiger partial charge in [0.2, 0.25) is 0 Å². The number of aldehydes is 1. The van der Waals surface area contributed by atoms with Gasteiger partial charge < -0.3 is 14.2 Å². The van der Waals surface area contributed by atoms with Gasteiger partial charge in [0.25, 0.3) is 0 Å². The van der Waals surface area contributed by atoms with Crippen molar-refractivity contribution in [2.75, 3.05) is 7.11 Å². The van der Waals surface area contributed by atoms with E-state index in [2.05, 4.69) is 4.74 Å². The van der Waals surface area contributed by atoms with Crippen molar-refractivity contribution in [2.45, 2.75) is 45.8 Å². The first-order valence-corrected chi connectivity index (χ1v) is 6.06. The highest BCUT2D eigenvalue weighted by Crippen LogP contribution is 2.23. The highest BCUT2D eigenvalue weighted by atomic mass is 16.6. The zero-order valence-electron chi connectivity index (χ0n) is 12.3. The summed E-state index contributed by atoms with van der Waals surface area (Å²) in [5.74, 6) is -2.64. The minimum absolute atomic E-state index is 0.133. The van der Waals surface area contributed by atoms with E-state index >= 15 is 0 Å². The Kier molecular flexibility index (Phi) is 6.89. The van der Waals surface area contributed by atoms with Gasteiger partial charge in [-0.25, -0.2) is 0 Å². The molecule has 0 aliphatic heterocycles. The van der Waals surface area contributed by atoms with E-state index in [0.717, 1.165) is 6.92 Å². The summed E-state index contributed by atoms with van der Waals surface area (Å²) in [5.41, 5.74) is -1.48. The largest absolute Gasteiger partial charge is 0.469 e. The van der Waals surface area contributed by atoms with Crippen LogP contribution in [0.1, 0.15) is 34.1 Å². The summed E-state index contributed by atoms with van der Waals surface area (Å²) in [4.78, 5) is 44.7. The van der Waals surface area contributed by atoms with E-state index in [-0.39, 0.29) is 6.42 Å². The van der Waals surface area contributed by atoms with Crippen molar-refractivity contribution in [3.8, 4) is 0 Å². The average Bonchev–Trinajstić information content (AvgIpc) is 2.34. The van der Waals surface area contributed by atoms with Crippen molar-refractivity contribution in [1.82, 2.24) is 0 Å². The highest BCUT2D eigenvalue weighted by molar-refractivity contribution is 5.75. The monoisotopic (exact) mass is 288 g/mol. The van der Waals surface area contributed by atoms with Crippen LogP contribution >= 0.6 is 0 Å². The molecule has 0 aromatic carbocycles. The fraction of sp³-hybridized carbons (Fsp3) is 0.692. The lowest BCUT2D eigenvalue weighted by Gasteiger charge is -2.29. The van der Waals surface area contributed by atoms with Crippen LogP contribution in [0.25, 0.3) is 0 Å². The lowest BCUT2D eigenvalue weighted by molar-refractivity contribution is -0.170. The molecule has 0 radical (unpaired) electrons. The molecule has 0 aromatic rings. The predicted molar refractivity (Wildman–Crippen MR) is 67.6 cm³/mol. The summed E-state index contributed by atoms with van der Waals surface area (Å²) in [6, 6.07) is 0.